The predicted octanol–water partition coefficient (Wildman–Crippen LogP) is 7.62. The van der Waals surface area contributed by atoms with E-state index in [1.54, 1.807) is 0 Å². The van der Waals surface area contributed by atoms with Gasteiger partial charge in [0.1, 0.15) is 23.2 Å². The Morgan fingerprint density at radius 3 is 2.10 bits per heavy atom. The number of hydrogen-bond donors (Lipinski definition) is 2. The first-order valence-corrected chi connectivity index (χ1v) is 14.1. The molecular formula is C34H48O6. The maximum Gasteiger partial charge on any atom is 0.307 e. The zero-order chi connectivity index (χ0) is 30.5. The highest BCUT2D eigenvalue weighted by molar-refractivity contribution is 5.72. The van der Waals surface area contributed by atoms with E-state index in [4.69, 9.17) is 14.6 Å². The van der Waals surface area contributed by atoms with Gasteiger partial charge in [0.2, 0.25) is 0 Å². The Morgan fingerprint density at radius 1 is 1.00 bits per heavy atom. The fourth-order valence-electron chi connectivity index (χ4n) is 5.34. The highest BCUT2D eigenvalue weighted by Crippen LogP contribution is 2.41. The molecule has 2 heterocycles. The van der Waals surface area contributed by atoms with Gasteiger partial charge in [0.25, 0.3) is 0 Å². The molecule has 2 aromatic carbocycles. The number of aliphatic carboxylic acids is 1. The van der Waals surface area contributed by atoms with Crippen molar-refractivity contribution >= 4 is 11.9 Å². The van der Waals surface area contributed by atoms with Gasteiger partial charge in [-0.1, -0.05) is 6.08 Å². The number of aromatic hydroxyl groups is 1. The maximum atomic E-state index is 11.0. The van der Waals surface area contributed by atoms with Crippen molar-refractivity contribution in [3.8, 4) is 11.5 Å². The van der Waals surface area contributed by atoms with E-state index in [1.165, 1.54) is 33.4 Å². The summed E-state index contributed by atoms with van der Waals surface area (Å²) in [5.74, 6) is 0.815. The molecule has 220 valence electrons. The third kappa shape index (κ3) is 7.67. The van der Waals surface area contributed by atoms with Crippen molar-refractivity contribution in [2.75, 3.05) is 0 Å². The van der Waals surface area contributed by atoms with Crippen LogP contribution in [0.5, 0.6) is 11.5 Å². The number of benzene rings is 2. The van der Waals surface area contributed by atoms with E-state index >= 15 is 0 Å². The molecule has 4 rings (SSSR count). The Kier molecular flexibility index (Phi) is 11.0. The van der Waals surface area contributed by atoms with E-state index in [1.807, 2.05) is 46.8 Å². The molecule has 0 saturated carbocycles. The van der Waals surface area contributed by atoms with Gasteiger partial charge in [-0.25, -0.2) is 0 Å². The van der Waals surface area contributed by atoms with Gasteiger partial charge in [0.05, 0.1) is 12.8 Å². The highest BCUT2D eigenvalue weighted by atomic mass is 16.5. The van der Waals surface area contributed by atoms with Crippen molar-refractivity contribution in [2.24, 2.45) is 5.92 Å². The Morgan fingerprint density at radius 2 is 1.57 bits per heavy atom. The van der Waals surface area contributed by atoms with Gasteiger partial charge in [-0.05, 0) is 145 Å². The number of phenolic OH excluding ortho intramolecular Hbond substituents is 1. The van der Waals surface area contributed by atoms with Gasteiger partial charge in [-0.15, -0.1) is 6.58 Å². The quantitative estimate of drug-likeness (QED) is 0.299. The summed E-state index contributed by atoms with van der Waals surface area (Å²) in [6.07, 6.45) is 5.08. The number of aryl methyl sites for hydroxylation is 1. The number of hydrogen-bond acceptors (Lipinski definition) is 5. The molecule has 0 radical (unpaired) electrons. The second kappa shape index (κ2) is 13.4. The van der Waals surface area contributed by atoms with E-state index in [9.17, 15) is 14.7 Å². The Balaban J connectivity index is 0.000000228. The molecule has 6 heteroatoms. The smallest absolute Gasteiger partial charge is 0.307 e. The summed E-state index contributed by atoms with van der Waals surface area (Å²) in [4.78, 5) is 21.7. The molecule has 3 unspecified atom stereocenters. The lowest BCUT2D eigenvalue weighted by molar-refractivity contribution is -0.142. The van der Waals surface area contributed by atoms with E-state index in [0.29, 0.717) is 18.1 Å². The lowest BCUT2D eigenvalue weighted by Crippen LogP contribution is -2.39. The van der Waals surface area contributed by atoms with Gasteiger partial charge >= 0.3 is 11.9 Å². The molecule has 1 fully saturated rings. The molecule has 6 nitrogen and oxygen atoms in total. The summed E-state index contributed by atoms with van der Waals surface area (Å²) < 4.78 is 11.0. The van der Waals surface area contributed by atoms with Crippen LogP contribution in [0.25, 0.3) is 0 Å². The Bertz CT molecular complexity index is 1250. The number of allylic oxidation sites excluding steroid dienone is 1. The third-order valence-corrected chi connectivity index (χ3v) is 8.87. The largest absolute Gasteiger partial charge is 0.508 e. The number of rotatable bonds is 4. The number of carbonyl (C=O) groups is 2. The van der Waals surface area contributed by atoms with Gasteiger partial charge in [0, 0.05) is 5.92 Å². The fraction of sp³-hybridized carbons (Fsp3) is 0.529. The first-order chi connectivity index (χ1) is 18.5. The van der Waals surface area contributed by atoms with Crippen molar-refractivity contribution in [1.82, 2.24) is 0 Å². The van der Waals surface area contributed by atoms with Crippen LogP contribution in [0.4, 0.5) is 0 Å². The van der Waals surface area contributed by atoms with Crippen LogP contribution in [-0.2, 0) is 20.7 Å². The summed E-state index contributed by atoms with van der Waals surface area (Å²) in [7, 11) is 0. The number of carbonyl (C=O) groups excluding carboxylic acids is 1. The first kappa shape index (κ1) is 32.9. The normalized spacial score (nSPS) is 21.1. The third-order valence-electron chi connectivity index (χ3n) is 8.87. The van der Waals surface area contributed by atoms with Crippen LogP contribution in [-0.4, -0.2) is 33.9 Å². The van der Waals surface area contributed by atoms with Crippen LogP contribution in [0, 0.1) is 61.3 Å². The molecule has 0 amide bonds. The van der Waals surface area contributed by atoms with E-state index in [-0.39, 0.29) is 18.5 Å². The number of ether oxygens (including phenoxy) is 2. The highest BCUT2D eigenvalue weighted by Gasteiger charge is 2.36. The van der Waals surface area contributed by atoms with Crippen LogP contribution < -0.4 is 4.74 Å². The van der Waals surface area contributed by atoms with Gasteiger partial charge in [0.15, 0.2) is 0 Å². The Labute approximate surface area is 240 Å². The number of cyclic esters (lactones) is 1. The van der Waals surface area contributed by atoms with Crippen LogP contribution >= 0.6 is 0 Å². The summed E-state index contributed by atoms with van der Waals surface area (Å²) in [6.45, 7) is 24.0. The molecule has 3 atom stereocenters. The van der Waals surface area contributed by atoms with Gasteiger partial charge in [-0.3, -0.25) is 9.59 Å². The standard InChI is InChI=1S/C16H22O3.C10H14O.C8H12O2/c1-9-10(2)12(4)15-13(11(9)3)6-7-16(5,19-15)8-14(17)18;1-6-5-10(11)9(4)8(3)7(6)2;1-3-4-7-5-8(9)10-6(7)2/h6-8H2,1-5H3,(H,17,18);5,11H,1-4H3;3,6-7H,1,4-5H2,2H3. The Hall–Kier alpha value is -3.28. The number of carboxylic acid groups (broad SMARTS) is 1. The molecule has 0 spiro atoms. The molecule has 40 heavy (non-hydrogen) atoms. The van der Waals surface area contributed by atoms with Crippen molar-refractivity contribution < 1.29 is 29.3 Å². The van der Waals surface area contributed by atoms with Crippen molar-refractivity contribution in [2.45, 2.75) is 113 Å². The molecule has 2 N–H and O–H groups in total. The lowest BCUT2D eigenvalue weighted by atomic mass is 9.84. The molecule has 0 aliphatic carbocycles. The zero-order valence-electron chi connectivity index (χ0n) is 26.1. The topological polar surface area (TPSA) is 93.1 Å². The minimum Gasteiger partial charge on any atom is -0.508 e. The van der Waals surface area contributed by atoms with Gasteiger partial charge < -0.3 is 19.7 Å². The van der Waals surface area contributed by atoms with E-state index in [2.05, 4.69) is 41.2 Å². The average molecular weight is 553 g/mol. The molecule has 1 saturated heterocycles. The summed E-state index contributed by atoms with van der Waals surface area (Å²) in [5.41, 5.74) is 10.3. The van der Waals surface area contributed by atoms with E-state index in [0.717, 1.165) is 41.7 Å². The number of carboxylic acids is 1. The lowest BCUT2D eigenvalue weighted by Gasteiger charge is -2.37. The first-order valence-electron chi connectivity index (χ1n) is 14.1. The number of phenols is 1. The minimum absolute atomic E-state index is 0.0534. The van der Waals surface area contributed by atoms with Crippen molar-refractivity contribution in [3.05, 3.63) is 68.8 Å². The minimum atomic E-state index is -0.802. The van der Waals surface area contributed by atoms with Crippen LogP contribution in [0.15, 0.2) is 18.7 Å². The van der Waals surface area contributed by atoms with Crippen molar-refractivity contribution in [3.63, 3.8) is 0 Å². The molecule has 0 aromatic heterocycles. The predicted molar refractivity (Wildman–Crippen MR) is 161 cm³/mol. The SMILES string of the molecule is C=CCC1CC(=O)OC1C.Cc1c(C)c(C)c2c(c1C)CCC(C)(CC(=O)O)O2.Cc1cc(O)c(C)c(C)c1C. The second-order valence-corrected chi connectivity index (χ2v) is 11.7. The van der Waals surface area contributed by atoms with Crippen LogP contribution in [0.1, 0.15) is 89.6 Å². The zero-order valence-corrected chi connectivity index (χ0v) is 26.1. The second-order valence-electron chi connectivity index (χ2n) is 11.7. The molecule has 2 aromatic rings. The molecule has 0 bridgehead atoms. The average Bonchev–Trinajstić information content (AvgIpc) is 3.20. The summed E-state index contributed by atoms with van der Waals surface area (Å²) >= 11 is 0. The summed E-state index contributed by atoms with van der Waals surface area (Å²) in [5, 5.41) is 18.4. The molecular weight excluding hydrogens is 504 g/mol. The van der Waals surface area contributed by atoms with Crippen LogP contribution in [0.2, 0.25) is 0 Å². The summed E-state index contributed by atoms with van der Waals surface area (Å²) in [6, 6.07) is 1.82. The monoisotopic (exact) mass is 552 g/mol. The van der Waals surface area contributed by atoms with Crippen LogP contribution in [0.3, 0.4) is 0 Å². The molecule has 2 aliphatic rings. The molecule has 2 aliphatic heterocycles. The van der Waals surface area contributed by atoms with Crippen molar-refractivity contribution in [1.29, 1.82) is 0 Å². The van der Waals surface area contributed by atoms with E-state index < -0.39 is 11.6 Å². The number of fused-ring (bicyclic) bond motifs is 1. The number of esters is 1. The fourth-order valence-corrected chi connectivity index (χ4v) is 5.34. The van der Waals surface area contributed by atoms with Gasteiger partial charge in [-0.2, -0.15) is 0 Å². The maximum absolute atomic E-state index is 11.0.